The molecule has 0 saturated heterocycles. The molecule has 5 heteroatoms. The summed E-state index contributed by atoms with van der Waals surface area (Å²) in [6.45, 7) is 4.62. The van der Waals surface area contributed by atoms with Gasteiger partial charge in [-0.15, -0.1) is 0 Å². The summed E-state index contributed by atoms with van der Waals surface area (Å²) < 4.78 is 11.7. The molecule has 0 aliphatic heterocycles. The third kappa shape index (κ3) is 4.48. The van der Waals surface area contributed by atoms with E-state index in [0.717, 1.165) is 17.7 Å². The van der Waals surface area contributed by atoms with Crippen LogP contribution in [-0.4, -0.2) is 19.6 Å². The summed E-state index contributed by atoms with van der Waals surface area (Å²) in [5.41, 5.74) is 2.39. The molecule has 1 N–H and O–H groups in total. The van der Waals surface area contributed by atoms with Crippen molar-refractivity contribution in [2.24, 2.45) is 0 Å². The van der Waals surface area contributed by atoms with E-state index >= 15 is 0 Å². The lowest BCUT2D eigenvalue weighted by Crippen LogP contribution is -2.12. The first kappa shape index (κ1) is 17.3. The van der Waals surface area contributed by atoms with Crippen molar-refractivity contribution < 1.29 is 14.3 Å². The first-order valence-corrected chi connectivity index (χ1v) is 8.22. The fraction of sp³-hybridized carbons (Fsp3) is 0.278. The number of rotatable bonds is 6. The second kappa shape index (κ2) is 8.02. The predicted molar refractivity (Wildman–Crippen MR) is 95.6 cm³/mol. The van der Waals surface area contributed by atoms with E-state index in [1.54, 1.807) is 19.2 Å². The Hall–Kier alpha value is -2.01. The fourth-order valence-electron chi connectivity index (χ4n) is 2.04. The Labute approximate surface area is 144 Å². The van der Waals surface area contributed by atoms with E-state index in [-0.39, 0.29) is 5.91 Å². The molecular weight excluding hydrogens is 358 g/mol. The molecule has 0 heterocycles. The summed E-state index contributed by atoms with van der Waals surface area (Å²) in [6.07, 6.45) is 0.894. The van der Waals surface area contributed by atoms with Crippen LogP contribution in [0, 0.1) is 6.92 Å². The number of hydrogen-bond acceptors (Lipinski definition) is 3. The smallest absolute Gasteiger partial charge is 0.255 e. The zero-order valence-electron chi connectivity index (χ0n) is 13.5. The molecule has 0 spiro atoms. The molecule has 2 aromatic carbocycles. The number of methoxy groups -OCH3 is 1. The summed E-state index contributed by atoms with van der Waals surface area (Å²) in [4.78, 5) is 12.4. The van der Waals surface area contributed by atoms with Gasteiger partial charge in [-0.2, -0.15) is 0 Å². The summed E-state index contributed by atoms with van der Waals surface area (Å²) in [7, 11) is 1.56. The van der Waals surface area contributed by atoms with Crippen LogP contribution in [0.25, 0.3) is 0 Å². The number of carbonyl (C=O) groups is 1. The number of hydrogen-bond donors (Lipinski definition) is 1. The van der Waals surface area contributed by atoms with Crippen molar-refractivity contribution in [3.63, 3.8) is 0 Å². The van der Waals surface area contributed by atoms with Gasteiger partial charge in [0.15, 0.2) is 11.5 Å². The monoisotopic (exact) mass is 377 g/mol. The maximum Gasteiger partial charge on any atom is 0.255 e. The molecule has 0 atom stereocenters. The highest BCUT2D eigenvalue weighted by Crippen LogP contribution is 2.37. The minimum absolute atomic E-state index is 0.199. The van der Waals surface area contributed by atoms with E-state index in [9.17, 15) is 4.79 Å². The van der Waals surface area contributed by atoms with Crippen LogP contribution in [-0.2, 0) is 0 Å². The molecule has 0 aliphatic rings. The highest BCUT2D eigenvalue weighted by molar-refractivity contribution is 9.10. The van der Waals surface area contributed by atoms with Crippen molar-refractivity contribution in [1.29, 1.82) is 0 Å². The molecule has 0 fully saturated rings. The SMILES string of the molecule is CCCOc1c(Br)cc(C(=O)Nc2ccc(C)cc2)cc1OC. The molecular formula is C18H20BrNO3. The van der Waals surface area contributed by atoms with Crippen molar-refractivity contribution in [3.05, 3.63) is 52.0 Å². The maximum atomic E-state index is 12.4. The minimum Gasteiger partial charge on any atom is -0.493 e. The summed E-state index contributed by atoms with van der Waals surface area (Å²) >= 11 is 3.45. The van der Waals surface area contributed by atoms with Gasteiger partial charge >= 0.3 is 0 Å². The van der Waals surface area contributed by atoms with Gasteiger partial charge in [0, 0.05) is 11.3 Å². The van der Waals surface area contributed by atoms with Crippen molar-refractivity contribution in [3.8, 4) is 11.5 Å². The van der Waals surface area contributed by atoms with Gasteiger partial charge in [-0.1, -0.05) is 24.6 Å². The molecule has 2 aromatic rings. The van der Waals surface area contributed by atoms with Crippen molar-refractivity contribution in [1.82, 2.24) is 0 Å². The lowest BCUT2D eigenvalue weighted by molar-refractivity contribution is 0.102. The normalized spacial score (nSPS) is 10.3. The van der Waals surface area contributed by atoms with Crippen molar-refractivity contribution >= 4 is 27.5 Å². The summed E-state index contributed by atoms with van der Waals surface area (Å²) in [6, 6.07) is 11.1. The number of amides is 1. The summed E-state index contributed by atoms with van der Waals surface area (Å²) in [5.74, 6) is 0.943. The van der Waals surface area contributed by atoms with Gasteiger partial charge in [0.05, 0.1) is 18.2 Å². The molecule has 4 nitrogen and oxygen atoms in total. The standard InChI is InChI=1S/C18H20BrNO3/c1-4-9-23-17-15(19)10-13(11-16(17)22-3)18(21)20-14-7-5-12(2)6-8-14/h5-8,10-11H,4,9H2,1-3H3,(H,20,21). The first-order valence-electron chi connectivity index (χ1n) is 7.43. The molecule has 0 saturated carbocycles. The highest BCUT2D eigenvalue weighted by atomic mass is 79.9. The molecule has 2 rings (SSSR count). The molecule has 122 valence electrons. The van der Waals surface area contributed by atoms with Crippen LogP contribution in [0.1, 0.15) is 29.3 Å². The van der Waals surface area contributed by atoms with Gasteiger partial charge in [-0.05, 0) is 53.5 Å². The van der Waals surface area contributed by atoms with Crippen molar-refractivity contribution in [2.45, 2.75) is 20.3 Å². The second-order valence-corrected chi connectivity index (χ2v) is 6.01. The van der Waals surface area contributed by atoms with Crippen LogP contribution < -0.4 is 14.8 Å². The van der Waals surface area contributed by atoms with Gasteiger partial charge in [-0.3, -0.25) is 4.79 Å². The molecule has 0 radical (unpaired) electrons. The highest BCUT2D eigenvalue weighted by Gasteiger charge is 2.15. The molecule has 0 aromatic heterocycles. The predicted octanol–water partition coefficient (Wildman–Crippen LogP) is 4.81. The lowest BCUT2D eigenvalue weighted by Gasteiger charge is -2.14. The number of ether oxygens (including phenoxy) is 2. The van der Waals surface area contributed by atoms with Crippen LogP contribution in [0.3, 0.4) is 0 Å². The Morgan fingerprint density at radius 2 is 1.91 bits per heavy atom. The molecule has 1 amide bonds. The number of aryl methyl sites for hydroxylation is 1. The minimum atomic E-state index is -0.199. The van der Waals surface area contributed by atoms with Crippen LogP contribution in [0.4, 0.5) is 5.69 Å². The molecule has 0 bridgehead atoms. The molecule has 0 aliphatic carbocycles. The van der Waals surface area contributed by atoms with E-state index in [0.29, 0.717) is 28.1 Å². The topological polar surface area (TPSA) is 47.6 Å². The molecule has 23 heavy (non-hydrogen) atoms. The quantitative estimate of drug-likeness (QED) is 0.785. The van der Waals surface area contributed by atoms with E-state index < -0.39 is 0 Å². The maximum absolute atomic E-state index is 12.4. The first-order chi connectivity index (χ1) is 11.0. The fourth-order valence-corrected chi connectivity index (χ4v) is 2.59. The number of nitrogens with one attached hydrogen (secondary N) is 1. The van der Waals surface area contributed by atoms with Gasteiger partial charge in [0.25, 0.3) is 5.91 Å². The zero-order chi connectivity index (χ0) is 16.8. The summed E-state index contributed by atoms with van der Waals surface area (Å²) in [5, 5.41) is 2.87. The Morgan fingerprint density at radius 1 is 1.22 bits per heavy atom. The lowest BCUT2D eigenvalue weighted by atomic mass is 10.1. The van der Waals surface area contributed by atoms with E-state index in [2.05, 4.69) is 21.2 Å². The van der Waals surface area contributed by atoms with Gasteiger partial charge < -0.3 is 14.8 Å². The van der Waals surface area contributed by atoms with E-state index in [1.807, 2.05) is 38.1 Å². The van der Waals surface area contributed by atoms with Gasteiger partial charge in [0.1, 0.15) is 0 Å². The van der Waals surface area contributed by atoms with Gasteiger partial charge in [-0.25, -0.2) is 0 Å². The van der Waals surface area contributed by atoms with E-state index in [1.165, 1.54) is 0 Å². The van der Waals surface area contributed by atoms with Crippen LogP contribution in [0.2, 0.25) is 0 Å². The third-order valence-corrected chi connectivity index (χ3v) is 3.84. The van der Waals surface area contributed by atoms with Gasteiger partial charge in [0.2, 0.25) is 0 Å². The molecule has 0 unspecified atom stereocenters. The van der Waals surface area contributed by atoms with Crippen LogP contribution >= 0.6 is 15.9 Å². The second-order valence-electron chi connectivity index (χ2n) is 5.16. The average molecular weight is 378 g/mol. The Balaban J connectivity index is 2.23. The zero-order valence-corrected chi connectivity index (χ0v) is 15.1. The average Bonchev–Trinajstić information content (AvgIpc) is 2.55. The van der Waals surface area contributed by atoms with E-state index in [4.69, 9.17) is 9.47 Å². The third-order valence-electron chi connectivity index (χ3n) is 3.25. The van der Waals surface area contributed by atoms with Crippen LogP contribution in [0.15, 0.2) is 40.9 Å². The Bertz CT molecular complexity index is 683. The Kier molecular flexibility index (Phi) is 6.04. The Morgan fingerprint density at radius 3 is 2.52 bits per heavy atom. The number of benzene rings is 2. The largest absolute Gasteiger partial charge is 0.493 e. The number of carbonyl (C=O) groups excluding carboxylic acids is 1. The van der Waals surface area contributed by atoms with Crippen molar-refractivity contribution in [2.75, 3.05) is 19.0 Å². The number of halogens is 1. The number of anilines is 1. The van der Waals surface area contributed by atoms with Crippen LogP contribution in [0.5, 0.6) is 11.5 Å².